The van der Waals surface area contributed by atoms with Gasteiger partial charge in [-0.05, 0) is 23.5 Å². The van der Waals surface area contributed by atoms with Crippen molar-refractivity contribution >= 4 is 14.1 Å². The van der Waals surface area contributed by atoms with E-state index in [1.165, 1.54) is 23.6 Å². The highest BCUT2D eigenvalue weighted by atomic mass is 28.3. The molecule has 1 aromatic carbocycles. The second-order valence-electron chi connectivity index (χ2n) is 7.23. The number of nitriles is 1. The molecule has 1 fully saturated rings. The summed E-state index contributed by atoms with van der Waals surface area (Å²) >= 11 is 0. The van der Waals surface area contributed by atoms with Gasteiger partial charge in [-0.15, -0.1) is 0 Å². The number of rotatable bonds is 2. The summed E-state index contributed by atoms with van der Waals surface area (Å²) in [7, 11) is -1.13. The number of hydrogen-bond donors (Lipinski definition) is 0. The van der Waals surface area contributed by atoms with E-state index < -0.39 is 8.07 Å². The second kappa shape index (κ2) is 4.08. The van der Waals surface area contributed by atoms with Crippen LogP contribution in [0.4, 0.5) is 0 Å². The molecule has 0 saturated heterocycles. The summed E-state index contributed by atoms with van der Waals surface area (Å²) in [4.78, 5) is 0. The molecule has 19 heavy (non-hydrogen) atoms. The molecule has 0 aromatic heterocycles. The van der Waals surface area contributed by atoms with Crippen LogP contribution in [-0.4, -0.2) is 8.07 Å². The van der Waals surface area contributed by atoms with Crippen molar-refractivity contribution in [1.82, 2.24) is 0 Å². The number of fused-ring (bicyclic) bond motifs is 3. The zero-order valence-electron chi connectivity index (χ0n) is 12.0. The summed E-state index contributed by atoms with van der Waals surface area (Å²) < 4.78 is 0. The SMILES string of the molecule is C[Si](C)(C)C[C@@H]1CC2C=Cc3ccccc3[C@@]21C#N. The van der Waals surface area contributed by atoms with Crippen molar-refractivity contribution in [1.29, 1.82) is 5.26 Å². The summed E-state index contributed by atoms with van der Waals surface area (Å²) in [6.45, 7) is 7.24. The molecule has 0 aliphatic heterocycles. The summed E-state index contributed by atoms with van der Waals surface area (Å²) in [5.41, 5.74) is 2.30. The van der Waals surface area contributed by atoms with Gasteiger partial charge in [-0.25, -0.2) is 0 Å². The summed E-state index contributed by atoms with van der Waals surface area (Å²) in [5, 5.41) is 9.92. The molecule has 2 heteroatoms. The second-order valence-corrected chi connectivity index (χ2v) is 12.8. The lowest BCUT2D eigenvalue weighted by molar-refractivity contribution is 0.126. The number of benzene rings is 1. The summed E-state index contributed by atoms with van der Waals surface area (Å²) in [6, 6.07) is 12.4. The van der Waals surface area contributed by atoms with E-state index in [4.69, 9.17) is 0 Å². The van der Waals surface area contributed by atoms with Crippen molar-refractivity contribution in [2.75, 3.05) is 0 Å². The molecule has 0 bridgehead atoms. The van der Waals surface area contributed by atoms with Crippen LogP contribution in [0.5, 0.6) is 0 Å². The van der Waals surface area contributed by atoms with Gasteiger partial charge in [0.05, 0.1) is 11.5 Å². The number of hydrogen-bond acceptors (Lipinski definition) is 1. The van der Waals surface area contributed by atoms with E-state index in [0.717, 1.165) is 0 Å². The third-order valence-electron chi connectivity index (χ3n) is 4.73. The van der Waals surface area contributed by atoms with Crippen LogP contribution in [0.1, 0.15) is 17.5 Å². The van der Waals surface area contributed by atoms with Crippen molar-refractivity contribution in [2.45, 2.75) is 37.5 Å². The first-order valence-corrected chi connectivity index (χ1v) is 10.9. The van der Waals surface area contributed by atoms with Crippen LogP contribution < -0.4 is 0 Å². The molecule has 0 radical (unpaired) electrons. The Morgan fingerprint density at radius 2 is 2.05 bits per heavy atom. The maximum Gasteiger partial charge on any atom is 0.0916 e. The van der Waals surface area contributed by atoms with E-state index in [2.05, 4.69) is 62.1 Å². The smallest absolute Gasteiger partial charge is 0.0916 e. The zero-order valence-corrected chi connectivity index (χ0v) is 13.0. The topological polar surface area (TPSA) is 23.8 Å². The van der Waals surface area contributed by atoms with Crippen molar-refractivity contribution in [3.8, 4) is 6.07 Å². The molecular weight excluding hydrogens is 246 g/mol. The minimum absolute atomic E-state index is 0.231. The Morgan fingerprint density at radius 3 is 2.74 bits per heavy atom. The fourth-order valence-corrected chi connectivity index (χ4v) is 5.89. The molecule has 2 aliphatic carbocycles. The predicted molar refractivity (Wildman–Crippen MR) is 82.5 cm³/mol. The maximum atomic E-state index is 9.92. The maximum absolute atomic E-state index is 9.92. The third kappa shape index (κ3) is 1.80. The van der Waals surface area contributed by atoms with Crippen molar-refractivity contribution in [3.63, 3.8) is 0 Å². The Balaban J connectivity index is 2.05. The Labute approximate surface area is 117 Å². The standard InChI is InChI=1S/C17H21NSi/c1-19(2,3)11-15-10-14-9-8-13-6-4-5-7-16(13)17(14,15)12-18/h4-9,14-15H,10-11H2,1-3H3/t14?,15-,17-/m0/s1. The normalized spacial score (nSPS) is 31.9. The minimum Gasteiger partial charge on any atom is -0.197 e. The zero-order chi connectivity index (χ0) is 13.7. The minimum atomic E-state index is -1.13. The fourth-order valence-electron chi connectivity index (χ4n) is 3.93. The molecule has 3 atom stereocenters. The van der Waals surface area contributed by atoms with Gasteiger partial charge < -0.3 is 0 Å². The number of allylic oxidation sites excluding steroid dienone is 1. The lowest BCUT2D eigenvalue weighted by Gasteiger charge is -2.54. The average molecular weight is 267 g/mol. The molecule has 0 spiro atoms. The van der Waals surface area contributed by atoms with Crippen LogP contribution >= 0.6 is 0 Å². The average Bonchev–Trinajstić information content (AvgIpc) is 2.34. The van der Waals surface area contributed by atoms with Crippen molar-refractivity contribution in [2.24, 2.45) is 11.8 Å². The van der Waals surface area contributed by atoms with E-state index in [1.54, 1.807) is 0 Å². The van der Waals surface area contributed by atoms with E-state index in [1.807, 2.05) is 0 Å². The molecule has 1 nitrogen and oxygen atoms in total. The molecular formula is C17H21NSi. The van der Waals surface area contributed by atoms with E-state index in [-0.39, 0.29) is 5.41 Å². The molecule has 1 saturated carbocycles. The van der Waals surface area contributed by atoms with Crippen LogP contribution in [-0.2, 0) is 5.41 Å². The van der Waals surface area contributed by atoms with Gasteiger partial charge in [0.2, 0.25) is 0 Å². The van der Waals surface area contributed by atoms with Gasteiger partial charge in [0.25, 0.3) is 0 Å². The van der Waals surface area contributed by atoms with Gasteiger partial charge in [-0.1, -0.05) is 62.1 Å². The highest BCUT2D eigenvalue weighted by molar-refractivity contribution is 6.76. The molecule has 0 N–H and O–H groups in total. The van der Waals surface area contributed by atoms with Gasteiger partial charge in [0, 0.05) is 14.0 Å². The highest BCUT2D eigenvalue weighted by Crippen LogP contribution is 2.59. The molecule has 1 unspecified atom stereocenters. The Hall–Kier alpha value is -1.33. The van der Waals surface area contributed by atoms with Gasteiger partial charge in [-0.2, -0.15) is 5.26 Å². The van der Waals surface area contributed by atoms with Crippen LogP contribution in [0.2, 0.25) is 25.7 Å². The van der Waals surface area contributed by atoms with Crippen molar-refractivity contribution in [3.05, 3.63) is 41.5 Å². The van der Waals surface area contributed by atoms with E-state index in [0.29, 0.717) is 11.8 Å². The van der Waals surface area contributed by atoms with Crippen molar-refractivity contribution < 1.29 is 0 Å². The molecule has 1 aromatic rings. The van der Waals surface area contributed by atoms with Crippen LogP contribution in [0, 0.1) is 23.2 Å². The fraction of sp³-hybridized carbons (Fsp3) is 0.471. The van der Waals surface area contributed by atoms with Crippen LogP contribution in [0.3, 0.4) is 0 Å². The molecule has 0 heterocycles. The summed E-state index contributed by atoms with van der Waals surface area (Å²) in [5.74, 6) is 0.994. The van der Waals surface area contributed by atoms with E-state index >= 15 is 0 Å². The Kier molecular flexibility index (Phi) is 2.72. The number of nitrogens with zero attached hydrogens (tertiary/aromatic N) is 1. The van der Waals surface area contributed by atoms with Gasteiger partial charge in [0.15, 0.2) is 0 Å². The van der Waals surface area contributed by atoms with E-state index in [9.17, 15) is 5.26 Å². The molecule has 98 valence electrons. The predicted octanol–water partition coefficient (Wildman–Crippen LogP) is 4.45. The largest absolute Gasteiger partial charge is 0.197 e. The highest BCUT2D eigenvalue weighted by Gasteiger charge is 2.57. The molecule has 2 aliphatic rings. The Bertz CT molecular complexity index is 576. The van der Waals surface area contributed by atoms with Crippen LogP contribution in [0.15, 0.2) is 30.3 Å². The quantitative estimate of drug-likeness (QED) is 0.726. The first kappa shape index (κ1) is 12.7. The lowest BCUT2D eigenvalue weighted by Crippen LogP contribution is -2.54. The van der Waals surface area contributed by atoms with Gasteiger partial charge in [-0.3, -0.25) is 0 Å². The van der Waals surface area contributed by atoms with Crippen LogP contribution in [0.25, 0.3) is 6.08 Å². The first-order valence-electron chi connectivity index (χ1n) is 7.16. The van der Waals surface area contributed by atoms with Gasteiger partial charge >= 0.3 is 0 Å². The lowest BCUT2D eigenvalue weighted by atomic mass is 9.49. The first-order chi connectivity index (χ1) is 8.97. The third-order valence-corrected chi connectivity index (χ3v) is 6.44. The van der Waals surface area contributed by atoms with Gasteiger partial charge in [0.1, 0.15) is 0 Å². The summed E-state index contributed by atoms with van der Waals surface area (Å²) in [6.07, 6.45) is 5.68. The molecule has 0 amide bonds. The monoisotopic (exact) mass is 267 g/mol. The Morgan fingerprint density at radius 1 is 1.32 bits per heavy atom. The molecule has 3 rings (SSSR count).